The molecule has 1 aromatic rings. The van der Waals surface area contributed by atoms with E-state index in [1.807, 2.05) is 0 Å². The van der Waals surface area contributed by atoms with Crippen LogP contribution in [-0.4, -0.2) is 36.4 Å². The third-order valence-electron chi connectivity index (χ3n) is 3.65. The lowest BCUT2D eigenvalue weighted by atomic mass is 9.97. The van der Waals surface area contributed by atoms with Crippen molar-refractivity contribution in [1.29, 1.82) is 0 Å². The van der Waals surface area contributed by atoms with Crippen molar-refractivity contribution in [2.45, 2.75) is 25.6 Å². The first kappa shape index (κ1) is 15.0. The Kier molecular flexibility index (Phi) is 4.42. The number of likely N-dealkylation sites (tertiary alicyclic amines) is 1. The number of rotatable bonds is 3. The first-order valence-corrected chi connectivity index (χ1v) is 6.55. The molecule has 3 nitrogen and oxygen atoms in total. The number of phenols is 1. The minimum Gasteiger partial charge on any atom is -0.508 e. The standard InChI is InChI=1S/C14H18F3NO2/c1-20-12-4-5-13(19)10(7-12)8-18-6-2-3-11(9-18)14(15,16)17/h4-5,7,11,19H,2-3,6,8-9H2,1H3. The van der Waals surface area contributed by atoms with E-state index in [4.69, 9.17) is 4.74 Å². The van der Waals surface area contributed by atoms with Crippen molar-refractivity contribution < 1.29 is 23.0 Å². The van der Waals surface area contributed by atoms with Crippen LogP contribution in [0.25, 0.3) is 0 Å². The van der Waals surface area contributed by atoms with Gasteiger partial charge in [-0.2, -0.15) is 13.2 Å². The molecule has 1 aliphatic rings. The van der Waals surface area contributed by atoms with Crippen LogP contribution < -0.4 is 4.74 Å². The molecule has 0 saturated carbocycles. The lowest BCUT2D eigenvalue weighted by Gasteiger charge is -2.33. The topological polar surface area (TPSA) is 32.7 Å². The number of phenolic OH excluding ortho intramolecular Hbond substituents is 1. The smallest absolute Gasteiger partial charge is 0.393 e. The van der Waals surface area contributed by atoms with Crippen LogP contribution in [0, 0.1) is 5.92 Å². The molecule has 112 valence electrons. The number of hydrogen-bond acceptors (Lipinski definition) is 3. The number of piperidine rings is 1. The van der Waals surface area contributed by atoms with Crippen LogP contribution >= 0.6 is 0 Å². The van der Waals surface area contributed by atoms with E-state index in [0.717, 1.165) is 0 Å². The maximum Gasteiger partial charge on any atom is 0.393 e. The van der Waals surface area contributed by atoms with E-state index in [2.05, 4.69) is 0 Å². The van der Waals surface area contributed by atoms with Gasteiger partial charge in [-0.3, -0.25) is 4.90 Å². The summed E-state index contributed by atoms with van der Waals surface area (Å²) < 4.78 is 43.3. The van der Waals surface area contributed by atoms with Gasteiger partial charge in [-0.15, -0.1) is 0 Å². The Balaban J connectivity index is 2.06. The number of halogens is 3. The summed E-state index contributed by atoms with van der Waals surface area (Å²) in [7, 11) is 1.51. The molecule has 0 spiro atoms. The number of ether oxygens (including phenoxy) is 1. The molecule has 1 heterocycles. The van der Waals surface area contributed by atoms with Crippen LogP contribution in [0.3, 0.4) is 0 Å². The zero-order valence-electron chi connectivity index (χ0n) is 11.3. The Morgan fingerprint density at radius 2 is 2.15 bits per heavy atom. The minimum absolute atomic E-state index is 0.0137. The van der Waals surface area contributed by atoms with Gasteiger partial charge >= 0.3 is 6.18 Å². The van der Waals surface area contributed by atoms with Crippen molar-refractivity contribution in [2.24, 2.45) is 5.92 Å². The summed E-state index contributed by atoms with van der Waals surface area (Å²) in [6.07, 6.45) is -3.44. The van der Waals surface area contributed by atoms with Gasteiger partial charge in [-0.1, -0.05) is 0 Å². The van der Waals surface area contributed by atoms with E-state index < -0.39 is 12.1 Å². The molecule has 0 radical (unpaired) electrons. The summed E-state index contributed by atoms with van der Waals surface area (Å²) in [6.45, 7) is 0.902. The zero-order chi connectivity index (χ0) is 14.8. The van der Waals surface area contributed by atoms with E-state index in [1.54, 1.807) is 17.0 Å². The van der Waals surface area contributed by atoms with Crippen molar-refractivity contribution in [3.05, 3.63) is 23.8 Å². The number of nitrogens with zero attached hydrogens (tertiary/aromatic N) is 1. The van der Waals surface area contributed by atoms with Crippen molar-refractivity contribution in [3.8, 4) is 11.5 Å². The van der Waals surface area contributed by atoms with Gasteiger partial charge in [0.25, 0.3) is 0 Å². The first-order chi connectivity index (χ1) is 9.40. The Morgan fingerprint density at radius 3 is 2.80 bits per heavy atom. The van der Waals surface area contributed by atoms with E-state index in [0.29, 0.717) is 30.8 Å². The predicted octanol–water partition coefficient (Wildman–Crippen LogP) is 3.18. The van der Waals surface area contributed by atoms with Gasteiger partial charge in [0.05, 0.1) is 13.0 Å². The fourth-order valence-corrected chi connectivity index (χ4v) is 2.52. The lowest BCUT2D eigenvalue weighted by molar-refractivity contribution is -0.187. The lowest BCUT2D eigenvalue weighted by Crippen LogP contribution is -2.41. The van der Waals surface area contributed by atoms with Crippen LogP contribution in [0.4, 0.5) is 13.2 Å². The fraction of sp³-hybridized carbons (Fsp3) is 0.571. The maximum atomic E-state index is 12.8. The van der Waals surface area contributed by atoms with Gasteiger partial charge in [0.15, 0.2) is 0 Å². The molecule has 0 bridgehead atoms. The van der Waals surface area contributed by atoms with Crippen molar-refractivity contribution in [2.75, 3.05) is 20.2 Å². The van der Waals surface area contributed by atoms with E-state index in [9.17, 15) is 18.3 Å². The highest BCUT2D eigenvalue weighted by Crippen LogP contribution is 2.34. The Morgan fingerprint density at radius 1 is 1.40 bits per heavy atom. The van der Waals surface area contributed by atoms with Gasteiger partial charge in [0.1, 0.15) is 11.5 Å². The highest BCUT2D eigenvalue weighted by Gasteiger charge is 2.41. The van der Waals surface area contributed by atoms with Gasteiger partial charge in [-0.05, 0) is 37.6 Å². The second kappa shape index (κ2) is 5.91. The summed E-state index contributed by atoms with van der Waals surface area (Å²) >= 11 is 0. The highest BCUT2D eigenvalue weighted by molar-refractivity contribution is 5.39. The van der Waals surface area contributed by atoms with Crippen LogP contribution in [0.1, 0.15) is 18.4 Å². The average molecular weight is 289 g/mol. The molecule has 1 saturated heterocycles. The molecule has 0 aromatic heterocycles. The molecule has 1 aromatic carbocycles. The third-order valence-corrected chi connectivity index (χ3v) is 3.65. The number of methoxy groups -OCH3 is 1. The highest BCUT2D eigenvalue weighted by atomic mass is 19.4. The minimum atomic E-state index is -4.14. The molecule has 0 amide bonds. The molecular weight excluding hydrogens is 271 g/mol. The van der Waals surface area contributed by atoms with Crippen molar-refractivity contribution in [1.82, 2.24) is 4.90 Å². The summed E-state index contributed by atoms with van der Waals surface area (Å²) in [5, 5.41) is 9.78. The number of hydrogen-bond donors (Lipinski definition) is 1. The van der Waals surface area contributed by atoms with Gasteiger partial charge in [0.2, 0.25) is 0 Å². The fourth-order valence-electron chi connectivity index (χ4n) is 2.52. The van der Waals surface area contributed by atoms with Gasteiger partial charge in [0, 0.05) is 18.7 Å². The quantitative estimate of drug-likeness (QED) is 0.927. The molecular formula is C14H18F3NO2. The summed E-state index contributed by atoms with van der Waals surface area (Å²) in [4.78, 5) is 1.73. The molecule has 2 rings (SSSR count). The SMILES string of the molecule is COc1ccc(O)c(CN2CCCC(C(F)(F)F)C2)c1. The second-order valence-electron chi connectivity index (χ2n) is 5.11. The molecule has 0 aliphatic carbocycles. The van der Waals surface area contributed by atoms with Crippen LogP contribution in [0.5, 0.6) is 11.5 Å². The monoisotopic (exact) mass is 289 g/mol. The maximum absolute atomic E-state index is 12.8. The molecule has 1 fully saturated rings. The van der Waals surface area contributed by atoms with E-state index in [1.165, 1.54) is 13.2 Å². The molecule has 1 atom stereocenters. The van der Waals surface area contributed by atoms with E-state index >= 15 is 0 Å². The van der Waals surface area contributed by atoms with Gasteiger partial charge < -0.3 is 9.84 Å². The zero-order valence-corrected chi connectivity index (χ0v) is 11.3. The molecule has 1 N–H and O–H groups in total. The molecule has 20 heavy (non-hydrogen) atoms. The average Bonchev–Trinajstić information content (AvgIpc) is 2.41. The molecule has 1 unspecified atom stereocenters. The van der Waals surface area contributed by atoms with Crippen molar-refractivity contribution >= 4 is 0 Å². The number of benzene rings is 1. The summed E-state index contributed by atoms with van der Waals surface area (Å²) in [5.41, 5.74) is 0.590. The van der Waals surface area contributed by atoms with Crippen LogP contribution in [0.2, 0.25) is 0 Å². The number of aromatic hydroxyl groups is 1. The molecule has 1 aliphatic heterocycles. The summed E-state index contributed by atoms with van der Waals surface area (Å²) in [6, 6.07) is 4.78. The first-order valence-electron chi connectivity index (χ1n) is 6.55. The second-order valence-corrected chi connectivity index (χ2v) is 5.11. The van der Waals surface area contributed by atoms with Crippen LogP contribution in [-0.2, 0) is 6.54 Å². The Labute approximate surface area is 116 Å². The van der Waals surface area contributed by atoms with Crippen molar-refractivity contribution in [3.63, 3.8) is 0 Å². The van der Waals surface area contributed by atoms with Gasteiger partial charge in [-0.25, -0.2) is 0 Å². The molecule has 6 heteroatoms. The summed E-state index contributed by atoms with van der Waals surface area (Å²) in [5.74, 6) is -0.605. The third kappa shape index (κ3) is 3.56. The normalized spacial score (nSPS) is 20.9. The Hall–Kier alpha value is -1.43. The Bertz CT molecular complexity index is 462. The number of alkyl halides is 3. The van der Waals surface area contributed by atoms with E-state index in [-0.39, 0.29) is 18.7 Å². The van der Waals surface area contributed by atoms with Crippen LogP contribution in [0.15, 0.2) is 18.2 Å². The predicted molar refractivity (Wildman–Crippen MR) is 68.7 cm³/mol. The largest absolute Gasteiger partial charge is 0.508 e.